The summed E-state index contributed by atoms with van der Waals surface area (Å²) in [5.74, 6) is -0.00259. The Morgan fingerprint density at radius 1 is 1.56 bits per heavy atom. The van der Waals surface area contributed by atoms with Crippen LogP contribution in [0.1, 0.15) is 23.3 Å². The lowest BCUT2D eigenvalue weighted by Crippen LogP contribution is -2.36. The minimum atomic E-state index is -0.00259. The molecule has 0 aliphatic heterocycles. The van der Waals surface area contributed by atoms with Gasteiger partial charge in [0.1, 0.15) is 5.69 Å². The number of aromatic nitrogens is 1. The number of nitrogens with zero attached hydrogens (tertiary/aromatic N) is 2. The molecule has 1 aliphatic carbocycles. The lowest BCUT2D eigenvalue weighted by Gasteiger charge is -2.21. The monoisotopic (exact) mass is 249 g/mol. The topological polar surface area (TPSA) is 54.5 Å². The van der Waals surface area contributed by atoms with Gasteiger partial charge >= 0.3 is 0 Å². The predicted molar refractivity (Wildman–Crippen MR) is 69.7 cm³/mol. The molecule has 5 heteroatoms. The molecule has 5 nitrogen and oxygen atoms in total. The van der Waals surface area contributed by atoms with Crippen LogP contribution < -0.4 is 5.32 Å². The van der Waals surface area contributed by atoms with Gasteiger partial charge in [-0.15, -0.1) is 0 Å². The molecule has 1 N–H and O–H groups in total. The molecule has 1 heterocycles. The number of ether oxygens (including phenoxy) is 1. The van der Waals surface area contributed by atoms with Gasteiger partial charge in [-0.05, 0) is 25.0 Å². The molecule has 98 valence electrons. The van der Waals surface area contributed by atoms with Crippen molar-refractivity contribution in [1.29, 1.82) is 0 Å². The standard InChI is InChI=1S/C13H19N3O2/c1-14-10-3-6-12(15-9-10)13(17)16(7-8-18-2)11-4-5-11/h3,6,9,11,14H,4-5,7-8H2,1-2H3. The summed E-state index contributed by atoms with van der Waals surface area (Å²) in [7, 11) is 3.48. The van der Waals surface area contributed by atoms with E-state index in [1.54, 1.807) is 19.4 Å². The fraction of sp³-hybridized carbons (Fsp3) is 0.538. The highest BCUT2D eigenvalue weighted by atomic mass is 16.5. The molecular formula is C13H19N3O2. The Hall–Kier alpha value is -1.62. The van der Waals surface area contributed by atoms with Gasteiger partial charge in [-0.1, -0.05) is 0 Å². The number of hydrogen-bond donors (Lipinski definition) is 1. The minimum absolute atomic E-state index is 0.00259. The van der Waals surface area contributed by atoms with Crippen LogP contribution >= 0.6 is 0 Å². The first-order valence-electron chi connectivity index (χ1n) is 6.20. The van der Waals surface area contributed by atoms with Gasteiger partial charge in [0.15, 0.2) is 0 Å². The van der Waals surface area contributed by atoms with Crippen LogP contribution in [0, 0.1) is 0 Å². The highest BCUT2D eigenvalue weighted by Gasteiger charge is 2.33. The normalized spacial score (nSPS) is 14.3. The molecule has 0 atom stereocenters. The quantitative estimate of drug-likeness (QED) is 0.827. The van der Waals surface area contributed by atoms with Crippen LogP contribution in [0.4, 0.5) is 5.69 Å². The third-order valence-electron chi connectivity index (χ3n) is 3.06. The van der Waals surface area contributed by atoms with E-state index in [0.717, 1.165) is 18.5 Å². The maximum atomic E-state index is 12.3. The fourth-order valence-electron chi connectivity index (χ4n) is 1.84. The Bertz CT molecular complexity index is 401. The molecule has 0 aromatic carbocycles. The van der Waals surface area contributed by atoms with Crippen molar-refractivity contribution >= 4 is 11.6 Å². The zero-order valence-electron chi connectivity index (χ0n) is 10.8. The van der Waals surface area contributed by atoms with E-state index in [9.17, 15) is 4.79 Å². The number of carbonyl (C=O) groups is 1. The maximum absolute atomic E-state index is 12.3. The molecule has 18 heavy (non-hydrogen) atoms. The molecule has 0 unspecified atom stereocenters. The molecule has 0 saturated heterocycles. The van der Waals surface area contributed by atoms with Crippen molar-refractivity contribution in [3.8, 4) is 0 Å². The number of hydrogen-bond acceptors (Lipinski definition) is 4. The molecule has 1 aromatic rings. The van der Waals surface area contributed by atoms with Crippen LogP contribution in [0.25, 0.3) is 0 Å². The molecule has 0 radical (unpaired) electrons. The number of methoxy groups -OCH3 is 1. The molecule has 1 fully saturated rings. The number of amides is 1. The van der Waals surface area contributed by atoms with E-state index in [1.165, 1.54) is 0 Å². The third kappa shape index (κ3) is 2.98. The fourth-order valence-corrected chi connectivity index (χ4v) is 1.84. The van der Waals surface area contributed by atoms with E-state index in [4.69, 9.17) is 4.74 Å². The third-order valence-corrected chi connectivity index (χ3v) is 3.06. The molecular weight excluding hydrogens is 230 g/mol. The lowest BCUT2D eigenvalue weighted by molar-refractivity contribution is 0.0674. The predicted octanol–water partition coefficient (Wildman–Crippen LogP) is 1.37. The second kappa shape index (κ2) is 5.82. The van der Waals surface area contributed by atoms with Crippen LogP contribution in [-0.4, -0.2) is 49.1 Å². The minimum Gasteiger partial charge on any atom is -0.387 e. The molecule has 1 aliphatic rings. The summed E-state index contributed by atoms with van der Waals surface area (Å²) in [6.07, 6.45) is 3.85. The van der Waals surface area contributed by atoms with Crippen LogP contribution in [0.3, 0.4) is 0 Å². The number of anilines is 1. The van der Waals surface area contributed by atoms with Crippen LogP contribution in [0.15, 0.2) is 18.3 Å². The van der Waals surface area contributed by atoms with Crippen molar-refractivity contribution in [2.75, 3.05) is 32.6 Å². The van der Waals surface area contributed by atoms with Crippen molar-refractivity contribution < 1.29 is 9.53 Å². The summed E-state index contributed by atoms with van der Waals surface area (Å²) < 4.78 is 5.05. The molecule has 1 saturated carbocycles. The van der Waals surface area contributed by atoms with Gasteiger partial charge in [-0.2, -0.15) is 0 Å². The molecule has 0 bridgehead atoms. The summed E-state index contributed by atoms with van der Waals surface area (Å²) in [5.41, 5.74) is 1.40. The smallest absolute Gasteiger partial charge is 0.272 e. The van der Waals surface area contributed by atoms with Gasteiger partial charge in [-0.3, -0.25) is 4.79 Å². The molecule has 1 amide bonds. The summed E-state index contributed by atoms with van der Waals surface area (Å²) in [6.45, 7) is 1.20. The van der Waals surface area contributed by atoms with E-state index in [2.05, 4.69) is 10.3 Å². The zero-order chi connectivity index (χ0) is 13.0. The number of pyridine rings is 1. The number of carbonyl (C=O) groups excluding carboxylic acids is 1. The second-order valence-corrected chi connectivity index (χ2v) is 4.40. The summed E-state index contributed by atoms with van der Waals surface area (Å²) >= 11 is 0. The molecule has 1 aromatic heterocycles. The SMILES string of the molecule is CNc1ccc(C(=O)N(CCOC)C2CC2)nc1. The van der Waals surface area contributed by atoms with Gasteiger partial charge < -0.3 is 15.0 Å². The van der Waals surface area contributed by atoms with E-state index >= 15 is 0 Å². The molecule has 0 spiro atoms. The largest absolute Gasteiger partial charge is 0.387 e. The van der Waals surface area contributed by atoms with Gasteiger partial charge in [0.2, 0.25) is 0 Å². The van der Waals surface area contributed by atoms with Crippen molar-refractivity contribution in [2.45, 2.75) is 18.9 Å². The first kappa shape index (κ1) is 12.8. The average Bonchev–Trinajstić information content (AvgIpc) is 3.24. The zero-order valence-corrected chi connectivity index (χ0v) is 10.8. The molecule has 2 rings (SSSR count). The van der Waals surface area contributed by atoms with Gasteiger partial charge in [0.25, 0.3) is 5.91 Å². The highest BCUT2D eigenvalue weighted by Crippen LogP contribution is 2.27. The van der Waals surface area contributed by atoms with Crippen LogP contribution in [0.5, 0.6) is 0 Å². The van der Waals surface area contributed by atoms with E-state index < -0.39 is 0 Å². The number of nitrogens with one attached hydrogen (secondary N) is 1. The second-order valence-electron chi connectivity index (χ2n) is 4.40. The van der Waals surface area contributed by atoms with Crippen molar-refractivity contribution in [2.24, 2.45) is 0 Å². The van der Waals surface area contributed by atoms with Crippen molar-refractivity contribution in [3.05, 3.63) is 24.0 Å². The maximum Gasteiger partial charge on any atom is 0.272 e. The Labute approximate surface area is 107 Å². The first-order valence-corrected chi connectivity index (χ1v) is 6.20. The van der Waals surface area contributed by atoms with Crippen LogP contribution in [0.2, 0.25) is 0 Å². The Morgan fingerprint density at radius 3 is 2.83 bits per heavy atom. The summed E-state index contributed by atoms with van der Waals surface area (Å²) in [4.78, 5) is 18.4. The average molecular weight is 249 g/mol. The Kier molecular flexibility index (Phi) is 4.15. The van der Waals surface area contributed by atoms with Gasteiger partial charge in [-0.25, -0.2) is 4.98 Å². The summed E-state index contributed by atoms with van der Waals surface area (Å²) in [5, 5.41) is 2.98. The Balaban J connectivity index is 2.06. The van der Waals surface area contributed by atoms with Crippen molar-refractivity contribution in [3.63, 3.8) is 0 Å². The van der Waals surface area contributed by atoms with Crippen molar-refractivity contribution in [1.82, 2.24) is 9.88 Å². The van der Waals surface area contributed by atoms with E-state index in [0.29, 0.717) is 24.9 Å². The lowest BCUT2D eigenvalue weighted by atomic mass is 10.3. The summed E-state index contributed by atoms with van der Waals surface area (Å²) in [6, 6.07) is 4.00. The number of rotatable bonds is 6. The van der Waals surface area contributed by atoms with E-state index in [-0.39, 0.29) is 5.91 Å². The highest BCUT2D eigenvalue weighted by molar-refractivity contribution is 5.93. The van der Waals surface area contributed by atoms with E-state index in [1.807, 2.05) is 18.0 Å². The van der Waals surface area contributed by atoms with Crippen LogP contribution in [-0.2, 0) is 4.74 Å². The Morgan fingerprint density at radius 2 is 2.33 bits per heavy atom. The van der Waals surface area contributed by atoms with Gasteiger partial charge in [0.05, 0.1) is 18.5 Å². The first-order chi connectivity index (χ1) is 8.76. The van der Waals surface area contributed by atoms with Gasteiger partial charge in [0, 0.05) is 26.7 Å².